The molecule has 4 heteroatoms. The summed E-state index contributed by atoms with van der Waals surface area (Å²) >= 11 is 0. The summed E-state index contributed by atoms with van der Waals surface area (Å²) in [6.07, 6.45) is 0.0991. The molecule has 0 aromatic rings. The molecule has 0 fully saturated rings. The van der Waals surface area contributed by atoms with Gasteiger partial charge >= 0.3 is 0 Å². The summed E-state index contributed by atoms with van der Waals surface area (Å²) in [5.41, 5.74) is 4.72. The highest BCUT2D eigenvalue weighted by Crippen LogP contribution is 2.05. The number of rotatable bonds is 3. The number of nitrogens with one attached hydrogen (secondary N) is 1. The van der Waals surface area contributed by atoms with Gasteiger partial charge in [-0.15, -0.1) is 0 Å². The fourth-order valence-corrected chi connectivity index (χ4v) is 0.887. The molecule has 0 aromatic carbocycles. The van der Waals surface area contributed by atoms with Crippen LogP contribution in [0.2, 0.25) is 0 Å². The van der Waals surface area contributed by atoms with Crippen LogP contribution in [0.3, 0.4) is 0 Å². The van der Waals surface area contributed by atoms with Crippen molar-refractivity contribution in [3.8, 4) is 0 Å². The highest BCUT2D eigenvalue weighted by Gasteiger charge is 2.20. The molecule has 0 saturated carbocycles. The van der Waals surface area contributed by atoms with Gasteiger partial charge in [-0.3, -0.25) is 9.59 Å². The lowest BCUT2D eigenvalue weighted by Crippen LogP contribution is -2.43. The monoisotopic (exact) mass is 186 g/mol. The van der Waals surface area contributed by atoms with Crippen molar-refractivity contribution in [3.05, 3.63) is 0 Å². The van der Waals surface area contributed by atoms with Crippen LogP contribution in [0.1, 0.15) is 34.1 Å². The van der Waals surface area contributed by atoms with E-state index < -0.39 is 5.91 Å². The van der Waals surface area contributed by atoms with Gasteiger partial charge in [0.15, 0.2) is 0 Å². The number of carbonyl (C=O) groups excluding carboxylic acids is 2. The summed E-state index contributed by atoms with van der Waals surface area (Å²) in [4.78, 5) is 21.9. The first-order chi connectivity index (χ1) is 5.72. The second-order valence-electron chi connectivity index (χ2n) is 4.31. The molecular formula is C9H18N2O2. The van der Waals surface area contributed by atoms with Crippen molar-refractivity contribution in [2.24, 2.45) is 11.7 Å². The summed E-state index contributed by atoms with van der Waals surface area (Å²) in [6, 6.07) is 0. The van der Waals surface area contributed by atoms with E-state index >= 15 is 0 Å². The minimum Gasteiger partial charge on any atom is -0.370 e. The van der Waals surface area contributed by atoms with Crippen molar-refractivity contribution in [3.63, 3.8) is 0 Å². The Bertz CT molecular complexity index is 206. The quantitative estimate of drug-likeness (QED) is 0.670. The van der Waals surface area contributed by atoms with Gasteiger partial charge in [0.2, 0.25) is 11.8 Å². The Hall–Kier alpha value is -1.06. The molecule has 0 spiro atoms. The van der Waals surface area contributed by atoms with Crippen molar-refractivity contribution in [2.75, 3.05) is 0 Å². The van der Waals surface area contributed by atoms with Crippen LogP contribution < -0.4 is 11.1 Å². The van der Waals surface area contributed by atoms with Crippen LogP contribution in [0.4, 0.5) is 0 Å². The first-order valence-corrected chi connectivity index (χ1v) is 4.32. The Morgan fingerprint density at radius 2 is 1.85 bits per heavy atom. The minimum atomic E-state index is -0.448. The fourth-order valence-electron chi connectivity index (χ4n) is 0.887. The zero-order chi connectivity index (χ0) is 10.6. The number of hydrogen-bond acceptors (Lipinski definition) is 2. The molecular weight excluding hydrogens is 168 g/mol. The second kappa shape index (κ2) is 4.25. The molecule has 0 aliphatic rings. The lowest BCUT2D eigenvalue weighted by Gasteiger charge is -2.22. The predicted octanol–water partition coefficient (Wildman–Crippen LogP) is 0.413. The molecule has 0 aliphatic carbocycles. The molecule has 1 atom stereocenters. The molecule has 4 nitrogen and oxygen atoms in total. The van der Waals surface area contributed by atoms with E-state index in [-0.39, 0.29) is 23.8 Å². The third-order valence-electron chi connectivity index (χ3n) is 1.45. The van der Waals surface area contributed by atoms with E-state index in [2.05, 4.69) is 5.32 Å². The molecule has 3 N–H and O–H groups in total. The van der Waals surface area contributed by atoms with Crippen LogP contribution >= 0.6 is 0 Å². The minimum absolute atomic E-state index is 0.0991. The van der Waals surface area contributed by atoms with Crippen molar-refractivity contribution >= 4 is 11.8 Å². The molecule has 0 heterocycles. The van der Waals surface area contributed by atoms with Gasteiger partial charge in [0.05, 0.1) is 0 Å². The van der Waals surface area contributed by atoms with Gasteiger partial charge in [-0.2, -0.15) is 0 Å². The zero-order valence-corrected chi connectivity index (χ0v) is 8.68. The van der Waals surface area contributed by atoms with Gasteiger partial charge in [-0.05, 0) is 20.8 Å². The van der Waals surface area contributed by atoms with Crippen LogP contribution in [0.5, 0.6) is 0 Å². The summed E-state index contributed by atoms with van der Waals surface area (Å²) in [7, 11) is 0. The number of hydrogen-bond donors (Lipinski definition) is 2. The summed E-state index contributed by atoms with van der Waals surface area (Å²) in [6.45, 7) is 7.36. The maximum atomic E-state index is 11.4. The maximum absolute atomic E-state index is 11.4. The number of amides is 2. The Morgan fingerprint density at radius 1 is 1.38 bits per heavy atom. The van der Waals surface area contributed by atoms with Crippen molar-refractivity contribution in [1.29, 1.82) is 0 Å². The first-order valence-electron chi connectivity index (χ1n) is 4.32. The highest BCUT2D eigenvalue weighted by molar-refractivity contribution is 5.85. The lowest BCUT2D eigenvalue weighted by atomic mass is 10.0. The van der Waals surface area contributed by atoms with Crippen LogP contribution in [-0.2, 0) is 9.59 Å². The topological polar surface area (TPSA) is 72.2 Å². The molecule has 0 saturated heterocycles. The predicted molar refractivity (Wildman–Crippen MR) is 50.9 cm³/mol. The Labute approximate surface area is 78.9 Å². The van der Waals surface area contributed by atoms with Gasteiger partial charge < -0.3 is 11.1 Å². The number of primary amides is 1. The molecule has 2 amide bonds. The van der Waals surface area contributed by atoms with Gasteiger partial charge in [0.1, 0.15) is 0 Å². The van der Waals surface area contributed by atoms with Crippen molar-refractivity contribution < 1.29 is 9.59 Å². The first kappa shape index (κ1) is 11.9. The Kier molecular flexibility index (Phi) is 3.91. The summed E-state index contributed by atoms with van der Waals surface area (Å²) < 4.78 is 0. The largest absolute Gasteiger partial charge is 0.370 e. The zero-order valence-electron chi connectivity index (χ0n) is 8.68. The van der Waals surface area contributed by atoms with E-state index in [9.17, 15) is 9.59 Å². The van der Waals surface area contributed by atoms with Gasteiger partial charge in [-0.1, -0.05) is 6.92 Å². The fraction of sp³-hybridized carbons (Fsp3) is 0.778. The van der Waals surface area contributed by atoms with Crippen LogP contribution in [-0.4, -0.2) is 17.4 Å². The molecule has 0 radical (unpaired) electrons. The molecule has 13 heavy (non-hydrogen) atoms. The Balaban J connectivity index is 4.05. The molecule has 76 valence electrons. The van der Waals surface area contributed by atoms with E-state index in [0.717, 1.165) is 0 Å². The van der Waals surface area contributed by atoms with Crippen molar-refractivity contribution in [2.45, 2.75) is 39.7 Å². The third kappa shape index (κ3) is 6.13. The van der Waals surface area contributed by atoms with E-state index in [0.29, 0.717) is 0 Å². The maximum Gasteiger partial charge on any atom is 0.223 e. The normalized spacial score (nSPS) is 13.5. The van der Waals surface area contributed by atoms with E-state index in [1.165, 1.54) is 0 Å². The standard InChI is InChI=1S/C9H18N2O2/c1-6(5-7(10)12)8(13)11-9(2,3)4/h6H,5H2,1-4H3,(H2,10,12)(H,11,13). The molecule has 1 unspecified atom stereocenters. The van der Waals surface area contributed by atoms with E-state index in [1.54, 1.807) is 6.92 Å². The molecule has 0 aromatic heterocycles. The average Bonchev–Trinajstić information content (AvgIpc) is 1.81. The van der Waals surface area contributed by atoms with E-state index in [1.807, 2.05) is 20.8 Å². The average molecular weight is 186 g/mol. The Morgan fingerprint density at radius 3 is 2.15 bits per heavy atom. The van der Waals surface area contributed by atoms with E-state index in [4.69, 9.17) is 5.73 Å². The van der Waals surface area contributed by atoms with Gasteiger partial charge in [0.25, 0.3) is 0 Å². The van der Waals surface area contributed by atoms with Crippen molar-refractivity contribution in [1.82, 2.24) is 5.32 Å². The molecule has 0 rings (SSSR count). The molecule has 0 aliphatic heterocycles. The summed E-state index contributed by atoms with van der Waals surface area (Å²) in [5.74, 6) is -0.931. The smallest absolute Gasteiger partial charge is 0.223 e. The lowest BCUT2D eigenvalue weighted by molar-refractivity contribution is -0.129. The third-order valence-corrected chi connectivity index (χ3v) is 1.45. The van der Waals surface area contributed by atoms with Crippen LogP contribution in [0, 0.1) is 5.92 Å². The van der Waals surface area contributed by atoms with Gasteiger partial charge in [-0.25, -0.2) is 0 Å². The summed E-state index contributed by atoms with van der Waals surface area (Å²) in [5, 5.41) is 2.78. The van der Waals surface area contributed by atoms with Gasteiger partial charge in [0, 0.05) is 17.9 Å². The molecule has 0 bridgehead atoms. The SMILES string of the molecule is CC(CC(N)=O)C(=O)NC(C)(C)C. The number of nitrogens with two attached hydrogens (primary N) is 1. The van der Waals surface area contributed by atoms with Crippen LogP contribution in [0.25, 0.3) is 0 Å². The highest BCUT2D eigenvalue weighted by atomic mass is 16.2. The van der Waals surface area contributed by atoms with Crippen LogP contribution in [0.15, 0.2) is 0 Å². The second-order valence-corrected chi connectivity index (χ2v) is 4.31. The number of carbonyl (C=O) groups is 2.